The van der Waals surface area contributed by atoms with Crippen LogP contribution >= 0.6 is 11.6 Å². The molecule has 0 unspecified atom stereocenters. The summed E-state index contributed by atoms with van der Waals surface area (Å²) in [6, 6.07) is 6.03. The van der Waals surface area contributed by atoms with Crippen LogP contribution in [0.25, 0.3) is 0 Å². The minimum Gasteiger partial charge on any atom is -0.329 e. The van der Waals surface area contributed by atoms with Gasteiger partial charge in [-0.15, -0.1) is 0 Å². The van der Waals surface area contributed by atoms with Crippen LogP contribution in [0.4, 0.5) is 0 Å². The van der Waals surface area contributed by atoms with Gasteiger partial charge in [0.25, 0.3) is 0 Å². The van der Waals surface area contributed by atoms with E-state index in [0.29, 0.717) is 12.8 Å². The molecule has 0 saturated carbocycles. The second-order valence-electron chi connectivity index (χ2n) is 4.55. The number of benzene rings is 1. The SMILES string of the molecule is CCC(CC)(CN)NS(=O)(=O)c1cc(C#N)ccc1Cl. The minimum absolute atomic E-state index is 0.0784. The first kappa shape index (κ1) is 16.9. The van der Waals surface area contributed by atoms with E-state index in [2.05, 4.69) is 4.72 Å². The molecule has 20 heavy (non-hydrogen) atoms. The number of hydrogen-bond donors (Lipinski definition) is 2. The molecular formula is C13H18ClN3O2S. The van der Waals surface area contributed by atoms with Crippen LogP contribution in [-0.4, -0.2) is 20.5 Å². The second kappa shape index (κ2) is 6.55. The maximum atomic E-state index is 12.5. The van der Waals surface area contributed by atoms with Gasteiger partial charge in [-0.25, -0.2) is 13.1 Å². The molecule has 0 aliphatic carbocycles. The molecule has 0 aliphatic heterocycles. The number of nitrogens with one attached hydrogen (secondary N) is 1. The quantitative estimate of drug-likeness (QED) is 0.839. The molecule has 3 N–H and O–H groups in total. The first-order valence-corrected chi connectivity index (χ1v) is 8.14. The third-order valence-corrected chi connectivity index (χ3v) is 5.51. The molecule has 0 heterocycles. The molecule has 1 aromatic rings. The molecular weight excluding hydrogens is 298 g/mol. The molecule has 0 bridgehead atoms. The zero-order valence-electron chi connectivity index (χ0n) is 11.5. The van der Waals surface area contributed by atoms with E-state index >= 15 is 0 Å². The topological polar surface area (TPSA) is 96.0 Å². The van der Waals surface area contributed by atoms with Crippen LogP contribution < -0.4 is 10.5 Å². The van der Waals surface area contributed by atoms with Gasteiger partial charge in [0.2, 0.25) is 10.0 Å². The van der Waals surface area contributed by atoms with Crippen molar-refractivity contribution in [3.05, 3.63) is 28.8 Å². The fourth-order valence-corrected chi connectivity index (χ4v) is 3.92. The molecule has 0 aromatic heterocycles. The maximum Gasteiger partial charge on any atom is 0.242 e. The van der Waals surface area contributed by atoms with Gasteiger partial charge in [0.1, 0.15) is 4.90 Å². The predicted molar refractivity (Wildman–Crippen MR) is 78.9 cm³/mol. The third kappa shape index (κ3) is 3.49. The lowest BCUT2D eigenvalue weighted by Crippen LogP contribution is -2.52. The molecule has 1 rings (SSSR count). The molecule has 0 radical (unpaired) electrons. The molecule has 0 saturated heterocycles. The predicted octanol–water partition coefficient (Wildman–Crippen LogP) is 2.01. The standard InChI is InChI=1S/C13H18ClN3O2S/c1-3-13(4-2,9-16)17-20(18,19)12-7-10(8-15)5-6-11(12)14/h5-7,17H,3-4,9,16H2,1-2H3. The van der Waals surface area contributed by atoms with E-state index in [4.69, 9.17) is 22.6 Å². The van der Waals surface area contributed by atoms with Gasteiger partial charge in [-0.3, -0.25) is 0 Å². The Balaban J connectivity index is 3.28. The Labute approximate surface area is 124 Å². The Kier molecular flexibility index (Phi) is 5.54. The fraction of sp³-hybridized carbons (Fsp3) is 0.462. The van der Waals surface area contributed by atoms with Crippen LogP contribution in [0.5, 0.6) is 0 Å². The summed E-state index contributed by atoms with van der Waals surface area (Å²) in [7, 11) is -3.83. The molecule has 110 valence electrons. The van der Waals surface area contributed by atoms with Crippen molar-refractivity contribution in [2.24, 2.45) is 5.73 Å². The lowest BCUT2D eigenvalue weighted by molar-refractivity contribution is 0.363. The Morgan fingerprint density at radius 3 is 2.45 bits per heavy atom. The summed E-state index contributed by atoms with van der Waals surface area (Å²) < 4.78 is 27.5. The average Bonchev–Trinajstić information content (AvgIpc) is 2.45. The molecule has 5 nitrogen and oxygen atoms in total. The minimum atomic E-state index is -3.83. The fourth-order valence-electron chi connectivity index (χ4n) is 1.84. The van der Waals surface area contributed by atoms with E-state index < -0.39 is 15.6 Å². The molecule has 1 aromatic carbocycles. The van der Waals surface area contributed by atoms with Crippen LogP contribution in [-0.2, 0) is 10.0 Å². The number of halogens is 1. The molecule has 0 spiro atoms. The number of rotatable bonds is 6. The Hall–Kier alpha value is -1.13. The average molecular weight is 316 g/mol. The Morgan fingerprint density at radius 1 is 1.40 bits per heavy atom. The maximum absolute atomic E-state index is 12.5. The van der Waals surface area contributed by atoms with Gasteiger partial charge in [-0.05, 0) is 31.0 Å². The number of sulfonamides is 1. The van der Waals surface area contributed by atoms with Crippen LogP contribution in [0.15, 0.2) is 23.1 Å². The molecule has 0 amide bonds. The first-order chi connectivity index (χ1) is 9.34. The molecule has 7 heteroatoms. The lowest BCUT2D eigenvalue weighted by atomic mass is 9.95. The van der Waals surface area contributed by atoms with Crippen molar-refractivity contribution in [1.29, 1.82) is 5.26 Å². The van der Waals surface area contributed by atoms with Gasteiger partial charge in [-0.1, -0.05) is 25.4 Å². The van der Waals surface area contributed by atoms with Gasteiger partial charge in [0, 0.05) is 12.1 Å². The van der Waals surface area contributed by atoms with Crippen molar-refractivity contribution >= 4 is 21.6 Å². The van der Waals surface area contributed by atoms with Crippen molar-refractivity contribution < 1.29 is 8.42 Å². The third-order valence-electron chi connectivity index (χ3n) is 3.44. The molecule has 0 atom stereocenters. The smallest absolute Gasteiger partial charge is 0.242 e. The summed E-state index contributed by atoms with van der Waals surface area (Å²) in [6.45, 7) is 3.92. The van der Waals surface area contributed by atoms with Gasteiger partial charge in [-0.2, -0.15) is 5.26 Å². The largest absolute Gasteiger partial charge is 0.329 e. The summed E-state index contributed by atoms with van der Waals surface area (Å²) in [6.07, 6.45) is 1.13. The molecule has 0 aliphatic rings. The van der Waals surface area contributed by atoms with E-state index in [1.54, 1.807) is 0 Å². The zero-order valence-corrected chi connectivity index (χ0v) is 13.1. The van der Waals surface area contributed by atoms with Gasteiger partial charge < -0.3 is 5.73 Å². The summed E-state index contributed by atoms with van der Waals surface area (Å²) in [5.74, 6) is 0. The van der Waals surface area contributed by atoms with Gasteiger partial charge in [0.15, 0.2) is 0 Å². The lowest BCUT2D eigenvalue weighted by Gasteiger charge is -2.31. The van der Waals surface area contributed by atoms with E-state index in [-0.39, 0.29) is 22.0 Å². The van der Waals surface area contributed by atoms with Crippen LogP contribution in [0, 0.1) is 11.3 Å². The van der Waals surface area contributed by atoms with Crippen LogP contribution in [0.3, 0.4) is 0 Å². The highest BCUT2D eigenvalue weighted by molar-refractivity contribution is 7.89. The van der Waals surface area contributed by atoms with Crippen molar-refractivity contribution in [3.63, 3.8) is 0 Å². The van der Waals surface area contributed by atoms with Crippen LogP contribution in [0.1, 0.15) is 32.3 Å². The summed E-state index contributed by atoms with van der Waals surface area (Å²) in [4.78, 5) is -0.0991. The Morgan fingerprint density at radius 2 is 2.00 bits per heavy atom. The van der Waals surface area contributed by atoms with Crippen molar-refractivity contribution in [3.8, 4) is 6.07 Å². The Bertz CT molecular complexity index is 611. The van der Waals surface area contributed by atoms with E-state index in [1.807, 2.05) is 19.9 Å². The van der Waals surface area contributed by atoms with Crippen molar-refractivity contribution in [2.75, 3.05) is 6.54 Å². The first-order valence-electron chi connectivity index (χ1n) is 6.28. The van der Waals surface area contributed by atoms with Gasteiger partial charge >= 0.3 is 0 Å². The van der Waals surface area contributed by atoms with Crippen molar-refractivity contribution in [1.82, 2.24) is 4.72 Å². The summed E-state index contributed by atoms with van der Waals surface area (Å²) in [5.41, 5.74) is 5.23. The van der Waals surface area contributed by atoms with E-state index in [9.17, 15) is 8.42 Å². The number of nitriles is 1. The number of hydrogen-bond acceptors (Lipinski definition) is 4. The second-order valence-corrected chi connectivity index (χ2v) is 6.61. The highest BCUT2D eigenvalue weighted by Crippen LogP contribution is 2.25. The van der Waals surface area contributed by atoms with E-state index in [1.165, 1.54) is 18.2 Å². The number of nitrogens with zero attached hydrogens (tertiary/aromatic N) is 1. The monoisotopic (exact) mass is 315 g/mol. The van der Waals surface area contributed by atoms with Crippen molar-refractivity contribution in [2.45, 2.75) is 37.1 Å². The highest BCUT2D eigenvalue weighted by Gasteiger charge is 2.31. The van der Waals surface area contributed by atoms with Gasteiger partial charge in [0.05, 0.1) is 16.7 Å². The van der Waals surface area contributed by atoms with Crippen LogP contribution in [0.2, 0.25) is 5.02 Å². The normalized spacial score (nSPS) is 12.2. The zero-order chi connectivity index (χ0) is 15.4. The molecule has 0 fully saturated rings. The van der Waals surface area contributed by atoms with E-state index in [0.717, 1.165) is 0 Å². The highest BCUT2D eigenvalue weighted by atomic mass is 35.5. The number of nitrogens with two attached hydrogens (primary N) is 1. The summed E-state index contributed by atoms with van der Waals surface area (Å²) in [5, 5.41) is 8.94. The summed E-state index contributed by atoms with van der Waals surface area (Å²) >= 11 is 5.94.